The minimum Gasteiger partial charge on any atom is -0.351 e. The number of rotatable bonds is 3. The molecule has 0 bridgehead atoms. The van der Waals surface area contributed by atoms with Crippen LogP contribution in [0.2, 0.25) is 0 Å². The Morgan fingerprint density at radius 3 is 2.89 bits per heavy atom. The van der Waals surface area contributed by atoms with Gasteiger partial charge in [0.15, 0.2) is 0 Å². The van der Waals surface area contributed by atoms with Gasteiger partial charge in [-0.25, -0.2) is 4.68 Å². The molecule has 7 nitrogen and oxygen atoms in total. The average molecular weight is 267 g/mol. The standard InChI is InChI=1S/C12H21N5O2/c1-9-11(17(18)19)12(16(3)14-9)15(2)10-5-4-7-13-8-6-10/h10,13H,4-8H2,1-3H3. The molecular weight excluding hydrogens is 246 g/mol. The van der Waals surface area contributed by atoms with E-state index in [1.54, 1.807) is 18.7 Å². The first-order valence-electron chi connectivity index (χ1n) is 6.64. The SMILES string of the molecule is Cc1nn(C)c(N(C)C2CCCNCC2)c1[N+](=O)[O-]. The number of anilines is 1. The highest BCUT2D eigenvalue weighted by Crippen LogP contribution is 2.32. The molecule has 1 aromatic heterocycles. The number of hydrogen-bond acceptors (Lipinski definition) is 5. The van der Waals surface area contributed by atoms with Crippen LogP contribution in [0.25, 0.3) is 0 Å². The van der Waals surface area contributed by atoms with E-state index in [1.807, 2.05) is 11.9 Å². The van der Waals surface area contributed by atoms with Gasteiger partial charge in [0.2, 0.25) is 5.82 Å². The zero-order valence-corrected chi connectivity index (χ0v) is 11.7. The highest BCUT2D eigenvalue weighted by Gasteiger charge is 2.30. The monoisotopic (exact) mass is 267 g/mol. The van der Waals surface area contributed by atoms with Crippen LogP contribution in [-0.4, -0.2) is 40.9 Å². The van der Waals surface area contributed by atoms with Gasteiger partial charge < -0.3 is 10.2 Å². The predicted molar refractivity (Wildman–Crippen MR) is 73.5 cm³/mol. The molecule has 19 heavy (non-hydrogen) atoms. The molecule has 1 atom stereocenters. The van der Waals surface area contributed by atoms with Crippen molar-refractivity contribution in [3.8, 4) is 0 Å². The van der Waals surface area contributed by atoms with Crippen molar-refractivity contribution in [3.05, 3.63) is 15.8 Å². The number of aromatic nitrogens is 2. The lowest BCUT2D eigenvalue weighted by Crippen LogP contribution is -2.34. The molecule has 7 heteroatoms. The highest BCUT2D eigenvalue weighted by molar-refractivity contribution is 5.61. The number of hydrogen-bond donors (Lipinski definition) is 1. The van der Waals surface area contributed by atoms with Gasteiger partial charge in [0.05, 0.1) is 4.92 Å². The summed E-state index contributed by atoms with van der Waals surface area (Å²) in [5, 5.41) is 18.8. The Bertz CT molecular complexity index is 463. The molecule has 106 valence electrons. The Balaban J connectivity index is 2.31. The zero-order chi connectivity index (χ0) is 14.0. The molecule has 1 fully saturated rings. The van der Waals surface area contributed by atoms with E-state index in [0.29, 0.717) is 17.6 Å². The van der Waals surface area contributed by atoms with E-state index >= 15 is 0 Å². The maximum atomic E-state index is 11.2. The Kier molecular flexibility index (Phi) is 4.04. The second kappa shape index (κ2) is 5.56. The molecule has 2 rings (SSSR count). The third kappa shape index (κ3) is 2.70. The summed E-state index contributed by atoms with van der Waals surface area (Å²) in [5.74, 6) is 0.606. The fourth-order valence-corrected chi connectivity index (χ4v) is 2.80. The fraction of sp³-hybridized carbons (Fsp3) is 0.750. The Morgan fingerprint density at radius 1 is 1.47 bits per heavy atom. The van der Waals surface area contributed by atoms with Crippen molar-refractivity contribution in [1.29, 1.82) is 0 Å². The molecule has 1 aliphatic rings. The molecule has 2 heterocycles. The molecule has 1 aliphatic heterocycles. The second-order valence-electron chi connectivity index (χ2n) is 5.08. The number of nitrogens with zero attached hydrogens (tertiary/aromatic N) is 4. The molecule has 0 saturated carbocycles. The van der Waals surface area contributed by atoms with E-state index in [4.69, 9.17) is 0 Å². The first-order valence-corrected chi connectivity index (χ1v) is 6.64. The van der Waals surface area contributed by atoms with Gasteiger partial charge in [-0.1, -0.05) is 0 Å². The van der Waals surface area contributed by atoms with Crippen molar-refractivity contribution in [2.45, 2.75) is 32.2 Å². The first-order chi connectivity index (χ1) is 9.02. The molecule has 1 aromatic rings. The van der Waals surface area contributed by atoms with E-state index in [1.165, 1.54) is 0 Å². The summed E-state index contributed by atoms with van der Waals surface area (Å²) < 4.78 is 1.62. The molecule has 0 spiro atoms. The summed E-state index contributed by atoms with van der Waals surface area (Å²) >= 11 is 0. The molecule has 1 unspecified atom stereocenters. The van der Waals surface area contributed by atoms with Crippen LogP contribution in [0.4, 0.5) is 11.5 Å². The van der Waals surface area contributed by atoms with Gasteiger partial charge in [0, 0.05) is 20.1 Å². The minimum absolute atomic E-state index is 0.127. The summed E-state index contributed by atoms with van der Waals surface area (Å²) in [6.07, 6.45) is 3.14. The van der Waals surface area contributed by atoms with Crippen LogP contribution in [0.3, 0.4) is 0 Å². The van der Waals surface area contributed by atoms with Crippen molar-refractivity contribution < 1.29 is 4.92 Å². The van der Waals surface area contributed by atoms with Crippen LogP contribution in [0.15, 0.2) is 0 Å². The van der Waals surface area contributed by atoms with E-state index in [-0.39, 0.29) is 10.6 Å². The lowest BCUT2D eigenvalue weighted by atomic mass is 10.1. The third-order valence-electron chi connectivity index (χ3n) is 3.77. The molecular formula is C12H21N5O2. The van der Waals surface area contributed by atoms with Crippen molar-refractivity contribution in [1.82, 2.24) is 15.1 Å². The van der Waals surface area contributed by atoms with E-state index in [9.17, 15) is 10.1 Å². The van der Waals surface area contributed by atoms with E-state index in [2.05, 4.69) is 10.4 Å². The molecule has 0 amide bonds. The summed E-state index contributed by atoms with van der Waals surface area (Å²) in [7, 11) is 3.69. The number of aryl methyl sites for hydroxylation is 2. The number of nitrogens with one attached hydrogen (secondary N) is 1. The van der Waals surface area contributed by atoms with Crippen molar-refractivity contribution >= 4 is 11.5 Å². The molecule has 0 aliphatic carbocycles. The smallest absolute Gasteiger partial charge is 0.333 e. The highest BCUT2D eigenvalue weighted by atomic mass is 16.6. The lowest BCUT2D eigenvalue weighted by Gasteiger charge is -2.27. The maximum Gasteiger partial charge on any atom is 0.333 e. The van der Waals surface area contributed by atoms with Crippen molar-refractivity contribution in [2.75, 3.05) is 25.0 Å². The van der Waals surface area contributed by atoms with Crippen molar-refractivity contribution in [2.24, 2.45) is 7.05 Å². The summed E-state index contributed by atoms with van der Waals surface area (Å²) in [6.45, 7) is 3.67. The van der Waals surface area contributed by atoms with Gasteiger partial charge in [0.25, 0.3) is 0 Å². The van der Waals surface area contributed by atoms with Gasteiger partial charge >= 0.3 is 5.69 Å². The fourth-order valence-electron chi connectivity index (χ4n) is 2.80. The zero-order valence-electron chi connectivity index (χ0n) is 11.7. The van der Waals surface area contributed by atoms with E-state index in [0.717, 1.165) is 32.4 Å². The minimum atomic E-state index is -0.330. The summed E-state index contributed by atoms with van der Waals surface area (Å²) in [6, 6.07) is 0.323. The van der Waals surface area contributed by atoms with Gasteiger partial charge in [-0.3, -0.25) is 10.1 Å². The van der Waals surface area contributed by atoms with Crippen LogP contribution < -0.4 is 10.2 Å². The Labute approximate surface area is 112 Å². The Morgan fingerprint density at radius 2 is 2.21 bits per heavy atom. The van der Waals surface area contributed by atoms with Crippen LogP contribution in [0, 0.1) is 17.0 Å². The van der Waals surface area contributed by atoms with Crippen LogP contribution in [0.5, 0.6) is 0 Å². The van der Waals surface area contributed by atoms with Crippen molar-refractivity contribution in [3.63, 3.8) is 0 Å². The molecule has 1 saturated heterocycles. The molecule has 0 aromatic carbocycles. The van der Waals surface area contributed by atoms with Gasteiger partial charge in [-0.2, -0.15) is 5.10 Å². The normalized spacial score (nSPS) is 20.1. The predicted octanol–water partition coefficient (Wildman–Crippen LogP) is 1.22. The summed E-state index contributed by atoms with van der Waals surface area (Å²) in [4.78, 5) is 12.9. The molecule has 0 radical (unpaired) electrons. The van der Waals surface area contributed by atoms with Crippen LogP contribution in [0.1, 0.15) is 25.0 Å². The Hall–Kier alpha value is -1.63. The largest absolute Gasteiger partial charge is 0.351 e. The first kappa shape index (κ1) is 13.8. The average Bonchev–Trinajstić information content (AvgIpc) is 2.56. The van der Waals surface area contributed by atoms with Gasteiger partial charge in [-0.05, 0) is 39.3 Å². The van der Waals surface area contributed by atoms with E-state index < -0.39 is 0 Å². The second-order valence-corrected chi connectivity index (χ2v) is 5.08. The van der Waals surface area contributed by atoms with Crippen LogP contribution >= 0.6 is 0 Å². The number of nitro groups is 1. The quantitative estimate of drug-likeness (QED) is 0.658. The topological polar surface area (TPSA) is 76.2 Å². The maximum absolute atomic E-state index is 11.2. The van der Waals surface area contributed by atoms with Gasteiger partial charge in [0.1, 0.15) is 5.69 Å². The third-order valence-corrected chi connectivity index (χ3v) is 3.77. The van der Waals surface area contributed by atoms with Crippen LogP contribution in [-0.2, 0) is 7.05 Å². The molecule has 1 N–H and O–H groups in total. The lowest BCUT2D eigenvalue weighted by molar-refractivity contribution is -0.384. The summed E-state index contributed by atoms with van der Waals surface area (Å²) in [5.41, 5.74) is 0.600. The van der Waals surface area contributed by atoms with Gasteiger partial charge in [-0.15, -0.1) is 0 Å².